The summed E-state index contributed by atoms with van der Waals surface area (Å²) in [5.41, 5.74) is 6.83. The predicted molar refractivity (Wildman–Crippen MR) is 139 cm³/mol. The first-order valence-corrected chi connectivity index (χ1v) is 11.7. The molecule has 1 aliphatic rings. The van der Waals surface area contributed by atoms with Gasteiger partial charge in [0.15, 0.2) is 0 Å². The van der Waals surface area contributed by atoms with Crippen LogP contribution in [0.5, 0.6) is 0 Å². The summed E-state index contributed by atoms with van der Waals surface area (Å²) in [5, 5.41) is 4.87. The number of pyridine rings is 3. The van der Waals surface area contributed by atoms with E-state index in [1.807, 2.05) is 36.8 Å². The lowest BCUT2D eigenvalue weighted by Crippen LogP contribution is -2.09. The molecule has 4 heterocycles. The molecule has 4 aromatic heterocycles. The van der Waals surface area contributed by atoms with Gasteiger partial charge in [-0.2, -0.15) is 0 Å². The molecule has 0 spiro atoms. The van der Waals surface area contributed by atoms with E-state index in [9.17, 15) is 0 Å². The van der Waals surface area contributed by atoms with E-state index in [0.717, 1.165) is 34.4 Å². The molecule has 0 fully saturated rings. The van der Waals surface area contributed by atoms with Crippen LogP contribution in [-0.2, 0) is 6.42 Å². The lowest BCUT2D eigenvalue weighted by Gasteiger charge is -2.17. The van der Waals surface area contributed by atoms with Gasteiger partial charge in [0.25, 0.3) is 0 Å². The van der Waals surface area contributed by atoms with Crippen molar-refractivity contribution in [3.63, 3.8) is 0 Å². The second-order valence-electron chi connectivity index (χ2n) is 9.02. The Kier molecular flexibility index (Phi) is 4.15. The summed E-state index contributed by atoms with van der Waals surface area (Å²) in [6.07, 6.45) is 11.1. The summed E-state index contributed by atoms with van der Waals surface area (Å²) in [5.74, 6) is 1.40. The number of rotatable bonds is 2. The highest BCUT2D eigenvalue weighted by Crippen LogP contribution is 2.42. The number of hydrogen-bond donors (Lipinski definition) is 0. The van der Waals surface area contributed by atoms with Gasteiger partial charge >= 0.3 is 0 Å². The molecule has 0 radical (unpaired) electrons. The number of hydrogen-bond acceptors (Lipinski definition) is 3. The molecule has 4 nitrogen and oxygen atoms in total. The van der Waals surface area contributed by atoms with Gasteiger partial charge in [-0.3, -0.25) is 14.5 Å². The van der Waals surface area contributed by atoms with E-state index in [1.54, 1.807) is 0 Å². The van der Waals surface area contributed by atoms with Crippen LogP contribution in [0.4, 0.5) is 0 Å². The van der Waals surface area contributed by atoms with Crippen LogP contribution < -0.4 is 0 Å². The van der Waals surface area contributed by atoms with Crippen LogP contribution in [0.25, 0.3) is 55.7 Å². The highest BCUT2D eigenvalue weighted by molar-refractivity contribution is 6.26. The smallest absolute Gasteiger partial charge is 0.138 e. The quantitative estimate of drug-likeness (QED) is 0.274. The van der Waals surface area contributed by atoms with E-state index in [4.69, 9.17) is 9.97 Å². The molecule has 2 aromatic carbocycles. The number of nitrogens with zero attached hydrogens (tertiary/aromatic N) is 4. The minimum atomic E-state index is 0.467. The third-order valence-electron chi connectivity index (χ3n) is 6.87. The predicted octanol–water partition coefficient (Wildman–Crippen LogP) is 6.99. The van der Waals surface area contributed by atoms with Gasteiger partial charge in [-0.1, -0.05) is 49.4 Å². The van der Waals surface area contributed by atoms with Crippen molar-refractivity contribution in [3.05, 3.63) is 103 Å². The van der Waals surface area contributed by atoms with Crippen molar-refractivity contribution in [2.75, 3.05) is 0 Å². The molecule has 6 aromatic rings. The Labute approximate surface area is 197 Å². The molecular weight excluding hydrogens is 416 g/mol. The van der Waals surface area contributed by atoms with E-state index in [0.29, 0.717) is 5.92 Å². The van der Waals surface area contributed by atoms with Crippen molar-refractivity contribution in [3.8, 4) is 17.1 Å². The molecule has 0 saturated heterocycles. The van der Waals surface area contributed by atoms with Gasteiger partial charge in [-0.15, -0.1) is 0 Å². The fourth-order valence-electron chi connectivity index (χ4n) is 5.38. The van der Waals surface area contributed by atoms with Gasteiger partial charge in [0, 0.05) is 51.6 Å². The molecule has 1 atom stereocenters. The first-order chi connectivity index (χ1) is 16.8. The Hall–Kier alpha value is -4.31. The summed E-state index contributed by atoms with van der Waals surface area (Å²) in [6.45, 7) is 2.28. The number of aromatic nitrogens is 4. The van der Waals surface area contributed by atoms with E-state index in [-0.39, 0.29) is 0 Å². The second-order valence-corrected chi connectivity index (χ2v) is 9.02. The zero-order chi connectivity index (χ0) is 22.6. The topological polar surface area (TPSA) is 43.6 Å². The second kappa shape index (κ2) is 7.35. The molecular formula is C30H22N4. The van der Waals surface area contributed by atoms with Crippen LogP contribution in [0.3, 0.4) is 0 Å². The molecule has 7 rings (SSSR count). The molecule has 1 aliphatic carbocycles. The average molecular weight is 439 g/mol. The van der Waals surface area contributed by atoms with E-state index in [2.05, 4.69) is 77.2 Å². The monoisotopic (exact) mass is 438 g/mol. The van der Waals surface area contributed by atoms with E-state index in [1.165, 1.54) is 32.9 Å². The van der Waals surface area contributed by atoms with Crippen LogP contribution in [0.2, 0.25) is 0 Å². The lowest BCUT2D eigenvalue weighted by atomic mass is 9.92. The minimum Gasteiger partial charge on any atom is -0.297 e. The van der Waals surface area contributed by atoms with Gasteiger partial charge in [0.1, 0.15) is 5.82 Å². The maximum absolute atomic E-state index is 5.15. The SMILES string of the molecule is CC1C=Cc2c(n(-c3cccc(-c4ccncc4)n3)c3c4cccnc4c4ccccc4c23)C1. The van der Waals surface area contributed by atoms with Crippen molar-refractivity contribution in [1.82, 2.24) is 19.5 Å². The Bertz CT molecular complexity index is 1750. The van der Waals surface area contributed by atoms with Crippen LogP contribution in [0.15, 0.2) is 91.4 Å². The molecule has 34 heavy (non-hydrogen) atoms. The zero-order valence-corrected chi connectivity index (χ0v) is 18.8. The molecule has 0 amide bonds. The molecule has 0 aliphatic heterocycles. The Morgan fingerprint density at radius 1 is 0.824 bits per heavy atom. The van der Waals surface area contributed by atoms with Gasteiger partial charge in [0.2, 0.25) is 0 Å². The molecule has 0 bridgehead atoms. The van der Waals surface area contributed by atoms with E-state index < -0.39 is 0 Å². The van der Waals surface area contributed by atoms with Gasteiger partial charge in [-0.05, 0) is 54.1 Å². The molecule has 0 N–H and O–H groups in total. The van der Waals surface area contributed by atoms with Crippen molar-refractivity contribution >= 4 is 38.7 Å². The van der Waals surface area contributed by atoms with Crippen LogP contribution in [0.1, 0.15) is 18.2 Å². The van der Waals surface area contributed by atoms with Crippen LogP contribution in [-0.4, -0.2) is 19.5 Å². The van der Waals surface area contributed by atoms with Crippen LogP contribution in [0, 0.1) is 5.92 Å². The highest BCUT2D eigenvalue weighted by Gasteiger charge is 2.25. The highest BCUT2D eigenvalue weighted by atomic mass is 15.1. The summed E-state index contributed by atoms with van der Waals surface area (Å²) < 4.78 is 2.38. The third kappa shape index (κ3) is 2.75. The lowest BCUT2D eigenvalue weighted by molar-refractivity contribution is 0.688. The number of fused-ring (bicyclic) bond motifs is 8. The summed E-state index contributed by atoms with van der Waals surface area (Å²) in [7, 11) is 0. The number of allylic oxidation sites excluding steroid dienone is 1. The maximum Gasteiger partial charge on any atom is 0.138 e. The van der Waals surface area contributed by atoms with Gasteiger partial charge < -0.3 is 0 Å². The van der Waals surface area contributed by atoms with Gasteiger partial charge in [0.05, 0.1) is 16.7 Å². The Morgan fingerprint density at radius 3 is 2.53 bits per heavy atom. The third-order valence-corrected chi connectivity index (χ3v) is 6.87. The molecule has 1 unspecified atom stereocenters. The fraction of sp³-hybridized carbons (Fsp3) is 0.100. The van der Waals surface area contributed by atoms with Crippen molar-refractivity contribution in [2.45, 2.75) is 13.3 Å². The van der Waals surface area contributed by atoms with Crippen molar-refractivity contribution < 1.29 is 0 Å². The number of benzene rings is 2. The zero-order valence-electron chi connectivity index (χ0n) is 18.8. The summed E-state index contributed by atoms with van der Waals surface area (Å²) >= 11 is 0. The van der Waals surface area contributed by atoms with Gasteiger partial charge in [-0.25, -0.2) is 4.98 Å². The van der Waals surface area contributed by atoms with E-state index >= 15 is 0 Å². The average Bonchev–Trinajstić information content (AvgIpc) is 3.24. The molecule has 4 heteroatoms. The van der Waals surface area contributed by atoms with Crippen LogP contribution >= 0.6 is 0 Å². The first kappa shape index (κ1) is 19.2. The Balaban J connectivity index is 1.66. The molecule has 0 saturated carbocycles. The standard InChI is InChI=1S/C30H22N4/c1-19-11-12-23-26(18-19)34(27-10-4-9-25(33-27)20-13-16-31-17-14-20)30-24-8-5-15-32-29(24)22-7-3-2-6-21(22)28(23)30/h2-17,19H,18H2,1H3. The first-order valence-electron chi connectivity index (χ1n) is 11.7. The molecule has 162 valence electrons. The largest absolute Gasteiger partial charge is 0.297 e. The van der Waals surface area contributed by atoms with Crippen molar-refractivity contribution in [1.29, 1.82) is 0 Å². The maximum atomic E-state index is 5.15. The Morgan fingerprint density at radius 2 is 1.65 bits per heavy atom. The van der Waals surface area contributed by atoms with Crippen molar-refractivity contribution in [2.24, 2.45) is 5.92 Å². The fourth-order valence-corrected chi connectivity index (χ4v) is 5.38. The summed E-state index contributed by atoms with van der Waals surface area (Å²) in [6, 6.07) is 23.2. The summed E-state index contributed by atoms with van der Waals surface area (Å²) in [4.78, 5) is 14.1. The normalized spacial score (nSPS) is 15.3. The minimum absolute atomic E-state index is 0.467.